The fraction of sp³-hybridized carbons (Fsp3) is 0.667. The Balaban J connectivity index is 2.01. The molecule has 1 aliphatic heterocycles. The van der Waals surface area contributed by atoms with E-state index in [0.29, 0.717) is 25.4 Å². The molecule has 0 aliphatic carbocycles. The molecule has 2 atom stereocenters. The van der Waals surface area contributed by atoms with Gasteiger partial charge in [-0.2, -0.15) is 4.31 Å². The highest BCUT2D eigenvalue weighted by Crippen LogP contribution is 2.27. The summed E-state index contributed by atoms with van der Waals surface area (Å²) in [5.41, 5.74) is 6.61. The Bertz CT molecular complexity index is 533. The van der Waals surface area contributed by atoms with Crippen molar-refractivity contribution >= 4 is 10.0 Å². The maximum Gasteiger partial charge on any atom is 0.214 e. The number of rotatable bonds is 6. The minimum Gasteiger partial charge on any atom is -0.329 e. The van der Waals surface area contributed by atoms with Gasteiger partial charge in [-0.1, -0.05) is 19.4 Å². The Morgan fingerprint density at radius 1 is 1.43 bits per heavy atom. The number of sulfonamides is 1. The standard InChI is InChI=1S/C15H25N3O2S/c1-2-13-6-9-18(15(11-13)12-16)21(19,20)10-7-14-5-3-4-8-17-14/h3-5,8,13,15H,2,6-7,9-12,16H2,1H3. The molecule has 0 bridgehead atoms. The van der Waals surface area contributed by atoms with Crippen molar-refractivity contribution in [2.24, 2.45) is 11.7 Å². The van der Waals surface area contributed by atoms with Crippen LogP contribution in [0.1, 0.15) is 31.9 Å². The fourth-order valence-corrected chi connectivity index (χ4v) is 4.67. The first-order valence-corrected chi connectivity index (χ1v) is 9.27. The molecule has 5 nitrogen and oxygen atoms in total. The molecule has 21 heavy (non-hydrogen) atoms. The topological polar surface area (TPSA) is 76.3 Å². The van der Waals surface area contributed by atoms with Crippen LogP contribution in [0.3, 0.4) is 0 Å². The summed E-state index contributed by atoms with van der Waals surface area (Å²) in [4.78, 5) is 4.18. The van der Waals surface area contributed by atoms with Gasteiger partial charge in [-0.3, -0.25) is 4.98 Å². The number of nitrogens with zero attached hydrogens (tertiary/aromatic N) is 2. The lowest BCUT2D eigenvalue weighted by atomic mass is 9.90. The predicted molar refractivity (Wildman–Crippen MR) is 84.3 cm³/mol. The molecule has 1 fully saturated rings. The van der Waals surface area contributed by atoms with Gasteiger partial charge in [0.25, 0.3) is 0 Å². The summed E-state index contributed by atoms with van der Waals surface area (Å²) in [5, 5.41) is 0. The van der Waals surface area contributed by atoms with Gasteiger partial charge < -0.3 is 5.73 Å². The molecule has 1 aromatic rings. The first-order chi connectivity index (χ1) is 10.1. The Morgan fingerprint density at radius 2 is 2.24 bits per heavy atom. The molecule has 2 N–H and O–H groups in total. The number of hydrogen-bond acceptors (Lipinski definition) is 4. The maximum absolute atomic E-state index is 12.6. The molecule has 0 saturated carbocycles. The number of aromatic nitrogens is 1. The Labute approximate surface area is 127 Å². The zero-order chi connectivity index (χ0) is 15.3. The molecule has 0 aromatic carbocycles. The molecule has 2 heterocycles. The lowest BCUT2D eigenvalue weighted by Crippen LogP contribution is -2.50. The molecule has 0 amide bonds. The molecule has 6 heteroatoms. The van der Waals surface area contributed by atoms with Crippen LogP contribution in [-0.4, -0.2) is 42.6 Å². The van der Waals surface area contributed by atoms with Crippen molar-refractivity contribution in [2.45, 2.75) is 38.6 Å². The number of aryl methyl sites for hydroxylation is 1. The third kappa shape index (κ3) is 4.25. The van der Waals surface area contributed by atoms with Gasteiger partial charge in [0.15, 0.2) is 0 Å². The highest BCUT2D eigenvalue weighted by atomic mass is 32.2. The van der Waals surface area contributed by atoms with Crippen LogP contribution in [-0.2, 0) is 16.4 Å². The van der Waals surface area contributed by atoms with E-state index in [2.05, 4.69) is 11.9 Å². The smallest absolute Gasteiger partial charge is 0.214 e. The Hall–Kier alpha value is -0.980. The molecule has 2 rings (SSSR count). The van der Waals surface area contributed by atoms with E-state index in [1.807, 2.05) is 18.2 Å². The molecule has 1 saturated heterocycles. The lowest BCUT2D eigenvalue weighted by Gasteiger charge is -2.37. The molecule has 1 aromatic heterocycles. The lowest BCUT2D eigenvalue weighted by molar-refractivity contribution is 0.198. The summed E-state index contributed by atoms with van der Waals surface area (Å²) in [6, 6.07) is 5.53. The van der Waals surface area contributed by atoms with Crippen molar-refractivity contribution in [1.29, 1.82) is 0 Å². The van der Waals surface area contributed by atoms with Crippen molar-refractivity contribution in [2.75, 3.05) is 18.8 Å². The van der Waals surface area contributed by atoms with E-state index < -0.39 is 10.0 Å². The van der Waals surface area contributed by atoms with Crippen LogP contribution in [0.5, 0.6) is 0 Å². The van der Waals surface area contributed by atoms with Crippen LogP contribution < -0.4 is 5.73 Å². The van der Waals surface area contributed by atoms with Gasteiger partial charge >= 0.3 is 0 Å². The molecule has 0 radical (unpaired) electrons. The van der Waals surface area contributed by atoms with E-state index in [0.717, 1.165) is 25.0 Å². The summed E-state index contributed by atoms with van der Waals surface area (Å²) in [6.07, 6.45) is 5.06. The van der Waals surface area contributed by atoms with Gasteiger partial charge in [0.1, 0.15) is 0 Å². The molecule has 0 spiro atoms. The number of pyridine rings is 1. The van der Waals surface area contributed by atoms with Crippen LogP contribution in [0.25, 0.3) is 0 Å². The van der Waals surface area contributed by atoms with Crippen molar-refractivity contribution in [3.8, 4) is 0 Å². The zero-order valence-electron chi connectivity index (χ0n) is 12.6. The van der Waals surface area contributed by atoms with Gasteiger partial charge in [0.05, 0.1) is 5.75 Å². The Kier molecular flexibility index (Phi) is 5.72. The first-order valence-electron chi connectivity index (χ1n) is 7.66. The zero-order valence-corrected chi connectivity index (χ0v) is 13.4. The van der Waals surface area contributed by atoms with Gasteiger partial charge in [-0.25, -0.2) is 8.42 Å². The van der Waals surface area contributed by atoms with Gasteiger partial charge in [-0.05, 0) is 30.9 Å². The minimum atomic E-state index is -3.26. The van der Waals surface area contributed by atoms with Crippen LogP contribution in [0.15, 0.2) is 24.4 Å². The highest BCUT2D eigenvalue weighted by Gasteiger charge is 2.34. The molecular weight excluding hydrogens is 286 g/mol. The van der Waals surface area contributed by atoms with Crippen molar-refractivity contribution in [3.63, 3.8) is 0 Å². The first kappa shape index (κ1) is 16.4. The predicted octanol–water partition coefficient (Wildman–Crippen LogP) is 1.40. The molecular formula is C15H25N3O2S. The average molecular weight is 311 g/mol. The van der Waals surface area contributed by atoms with Crippen molar-refractivity contribution in [1.82, 2.24) is 9.29 Å². The third-order valence-corrected chi connectivity index (χ3v) is 6.23. The van der Waals surface area contributed by atoms with Crippen LogP contribution in [0, 0.1) is 5.92 Å². The summed E-state index contributed by atoms with van der Waals surface area (Å²) in [6.45, 7) is 3.16. The van der Waals surface area contributed by atoms with Crippen LogP contribution in [0.2, 0.25) is 0 Å². The fourth-order valence-electron chi connectivity index (χ4n) is 2.96. The largest absolute Gasteiger partial charge is 0.329 e. The van der Waals surface area contributed by atoms with E-state index in [1.54, 1.807) is 10.5 Å². The SMILES string of the molecule is CCC1CCN(S(=O)(=O)CCc2ccccn2)C(CN)C1. The van der Waals surface area contributed by atoms with Crippen molar-refractivity contribution < 1.29 is 8.42 Å². The average Bonchev–Trinajstić information content (AvgIpc) is 2.53. The molecule has 118 valence electrons. The highest BCUT2D eigenvalue weighted by molar-refractivity contribution is 7.89. The van der Waals surface area contributed by atoms with E-state index >= 15 is 0 Å². The quantitative estimate of drug-likeness (QED) is 0.861. The normalized spacial score (nSPS) is 24.1. The van der Waals surface area contributed by atoms with Gasteiger partial charge in [-0.15, -0.1) is 0 Å². The van der Waals surface area contributed by atoms with Gasteiger partial charge in [0, 0.05) is 37.4 Å². The maximum atomic E-state index is 12.6. The summed E-state index contributed by atoms with van der Waals surface area (Å²) < 4.78 is 26.8. The van der Waals surface area contributed by atoms with E-state index in [9.17, 15) is 8.42 Å². The third-order valence-electron chi connectivity index (χ3n) is 4.32. The van der Waals surface area contributed by atoms with E-state index in [-0.39, 0.29) is 11.8 Å². The Morgan fingerprint density at radius 3 is 2.86 bits per heavy atom. The van der Waals surface area contributed by atoms with Crippen LogP contribution >= 0.6 is 0 Å². The summed E-state index contributed by atoms with van der Waals surface area (Å²) in [7, 11) is -3.26. The monoisotopic (exact) mass is 311 g/mol. The molecule has 1 aliphatic rings. The van der Waals surface area contributed by atoms with E-state index in [4.69, 9.17) is 5.73 Å². The second-order valence-corrected chi connectivity index (χ2v) is 7.73. The van der Waals surface area contributed by atoms with E-state index in [1.165, 1.54) is 0 Å². The molecule has 2 unspecified atom stereocenters. The number of piperidine rings is 1. The summed E-state index contributed by atoms with van der Waals surface area (Å²) >= 11 is 0. The van der Waals surface area contributed by atoms with Crippen molar-refractivity contribution in [3.05, 3.63) is 30.1 Å². The van der Waals surface area contributed by atoms with Crippen LogP contribution in [0.4, 0.5) is 0 Å². The summed E-state index contributed by atoms with van der Waals surface area (Å²) in [5.74, 6) is 0.706. The number of hydrogen-bond donors (Lipinski definition) is 1. The minimum absolute atomic E-state index is 0.0440. The van der Waals surface area contributed by atoms with Gasteiger partial charge in [0.2, 0.25) is 10.0 Å². The second kappa shape index (κ2) is 7.33. The second-order valence-electron chi connectivity index (χ2n) is 5.69. The number of nitrogens with two attached hydrogens (primary N) is 1.